The minimum absolute atomic E-state index is 0.0738. The highest BCUT2D eigenvalue weighted by Crippen LogP contribution is 2.43. The van der Waals surface area contributed by atoms with Crippen molar-refractivity contribution in [1.29, 1.82) is 0 Å². The number of aliphatic hydroxyl groups is 1. The number of ether oxygens (including phenoxy) is 1. The molecule has 1 spiro atoms. The number of ketones is 1. The number of aliphatic hydroxyl groups excluding tert-OH is 1. The van der Waals surface area contributed by atoms with Gasteiger partial charge >= 0.3 is 0 Å². The molecule has 3 rings (SSSR count). The average molecular weight is 292 g/mol. The molecule has 5 heteroatoms. The summed E-state index contributed by atoms with van der Waals surface area (Å²) in [7, 11) is 0. The predicted octanol–water partition coefficient (Wildman–Crippen LogP) is 1.75. The van der Waals surface area contributed by atoms with Gasteiger partial charge in [0.15, 0.2) is 5.78 Å². The molecule has 0 aromatic carbocycles. The van der Waals surface area contributed by atoms with Crippen LogP contribution in [0.3, 0.4) is 0 Å². The van der Waals surface area contributed by atoms with Gasteiger partial charge in [0.25, 0.3) is 0 Å². The molecule has 1 aromatic heterocycles. The Balaban J connectivity index is 1.96. The van der Waals surface area contributed by atoms with Crippen LogP contribution in [0, 0.1) is 5.41 Å². The Labute approximate surface area is 125 Å². The molecule has 0 bridgehead atoms. The lowest BCUT2D eigenvalue weighted by Crippen LogP contribution is -2.38. The first-order valence-electron chi connectivity index (χ1n) is 7.99. The summed E-state index contributed by atoms with van der Waals surface area (Å²) in [6, 6.07) is 0. The van der Waals surface area contributed by atoms with Gasteiger partial charge < -0.3 is 9.84 Å². The smallest absolute Gasteiger partial charge is 0.167 e. The summed E-state index contributed by atoms with van der Waals surface area (Å²) < 4.78 is 7.45. The number of Topliss-reactive ketones (excluding diaryl/α,β-unsaturated/α-hetero) is 1. The molecule has 0 unspecified atom stereocenters. The Morgan fingerprint density at radius 3 is 2.76 bits per heavy atom. The van der Waals surface area contributed by atoms with E-state index in [1.807, 2.05) is 11.6 Å². The highest BCUT2D eigenvalue weighted by Gasteiger charge is 2.42. The first-order chi connectivity index (χ1) is 10.2. The molecule has 21 heavy (non-hydrogen) atoms. The van der Waals surface area contributed by atoms with Crippen LogP contribution in [-0.2, 0) is 24.1 Å². The Morgan fingerprint density at radius 2 is 2.10 bits per heavy atom. The molecule has 0 atom stereocenters. The fourth-order valence-corrected chi connectivity index (χ4v) is 3.71. The van der Waals surface area contributed by atoms with Crippen LogP contribution in [0.25, 0.3) is 0 Å². The van der Waals surface area contributed by atoms with Crippen molar-refractivity contribution < 1.29 is 14.6 Å². The van der Waals surface area contributed by atoms with Crippen LogP contribution in [0.5, 0.6) is 0 Å². The lowest BCUT2D eigenvalue weighted by Gasteiger charge is -2.39. The third kappa shape index (κ3) is 2.64. The van der Waals surface area contributed by atoms with E-state index >= 15 is 0 Å². The van der Waals surface area contributed by atoms with Crippen LogP contribution in [0.2, 0.25) is 0 Å². The van der Waals surface area contributed by atoms with Crippen LogP contribution >= 0.6 is 0 Å². The van der Waals surface area contributed by atoms with Gasteiger partial charge in [0, 0.05) is 32.8 Å². The summed E-state index contributed by atoms with van der Waals surface area (Å²) in [5.41, 5.74) is 2.96. The molecule has 1 N–H and O–H groups in total. The van der Waals surface area contributed by atoms with Crippen molar-refractivity contribution in [3.05, 3.63) is 17.0 Å². The van der Waals surface area contributed by atoms with Gasteiger partial charge in [0.1, 0.15) is 0 Å². The fraction of sp³-hybridized carbons (Fsp3) is 0.750. The maximum absolute atomic E-state index is 12.7. The zero-order valence-corrected chi connectivity index (χ0v) is 12.7. The van der Waals surface area contributed by atoms with E-state index in [2.05, 4.69) is 5.10 Å². The minimum atomic E-state index is 0.0738. The second-order valence-corrected chi connectivity index (χ2v) is 6.31. The van der Waals surface area contributed by atoms with E-state index in [4.69, 9.17) is 9.84 Å². The predicted molar refractivity (Wildman–Crippen MR) is 78.4 cm³/mol. The third-order valence-corrected chi connectivity index (χ3v) is 4.90. The van der Waals surface area contributed by atoms with Crippen molar-refractivity contribution in [2.45, 2.75) is 52.0 Å². The van der Waals surface area contributed by atoms with E-state index in [0.29, 0.717) is 19.4 Å². The first kappa shape index (κ1) is 14.7. The van der Waals surface area contributed by atoms with Crippen LogP contribution in [0.4, 0.5) is 0 Å². The second-order valence-electron chi connectivity index (χ2n) is 6.31. The molecule has 2 aliphatic rings. The molecular weight excluding hydrogens is 268 g/mol. The number of carbonyl (C=O) groups is 1. The van der Waals surface area contributed by atoms with E-state index in [-0.39, 0.29) is 17.8 Å². The first-order valence-corrected chi connectivity index (χ1v) is 7.99. The molecule has 1 saturated heterocycles. The Kier molecular flexibility index (Phi) is 4.13. The van der Waals surface area contributed by atoms with Crippen molar-refractivity contribution in [2.75, 3.05) is 19.8 Å². The third-order valence-electron chi connectivity index (χ3n) is 4.90. The number of fused-ring (bicyclic) bond motifs is 1. The molecule has 0 saturated carbocycles. The van der Waals surface area contributed by atoms with E-state index in [1.165, 1.54) is 0 Å². The highest BCUT2D eigenvalue weighted by molar-refractivity contribution is 5.99. The molecule has 1 aliphatic carbocycles. The summed E-state index contributed by atoms with van der Waals surface area (Å²) in [6.45, 7) is 4.41. The van der Waals surface area contributed by atoms with Crippen molar-refractivity contribution in [1.82, 2.24) is 9.78 Å². The molecule has 5 nitrogen and oxygen atoms in total. The number of hydrogen-bond acceptors (Lipinski definition) is 4. The Bertz CT molecular complexity index is 530. The monoisotopic (exact) mass is 292 g/mol. The highest BCUT2D eigenvalue weighted by atomic mass is 16.5. The number of carbonyl (C=O) groups excluding carboxylic acids is 1. The number of aryl methyl sites for hydroxylation is 2. The zero-order chi connectivity index (χ0) is 14.9. The fourth-order valence-electron chi connectivity index (χ4n) is 3.71. The molecular formula is C16H24N2O3. The van der Waals surface area contributed by atoms with Gasteiger partial charge in [-0.05, 0) is 37.5 Å². The van der Waals surface area contributed by atoms with Gasteiger partial charge in [-0.25, -0.2) is 0 Å². The second kappa shape index (κ2) is 5.89. The Hall–Kier alpha value is -1.20. The van der Waals surface area contributed by atoms with Crippen LogP contribution in [-0.4, -0.2) is 40.5 Å². The number of rotatable bonds is 4. The van der Waals surface area contributed by atoms with E-state index in [1.54, 1.807) is 0 Å². The average Bonchev–Trinajstić information content (AvgIpc) is 2.84. The topological polar surface area (TPSA) is 64.3 Å². The van der Waals surface area contributed by atoms with Gasteiger partial charge in [0.05, 0.1) is 17.0 Å². The molecule has 0 amide bonds. The molecule has 1 aromatic rings. The van der Waals surface area contributed by atoms with Crippen LogP contribution in [0.1, 0.15) is 54.4 Å². The maximum Gasteiger partial charge on any atom is 0.167 e. The summed E-state index contributed by atoms with van der Waals surface area (Å²) in [5.74, 6) is 0.255. The van der Waals surface area contributed by atoms with Crippen LogP contribution < -0.4 is 0 Å². The minimum Gasteiger partial charge on any atom is -0.396 e. The molecule has 0 radical (unpaired) electrons. The molecule has 116 valence electrons. The quantitative estimate of drug-likeness (QED) is 0.918. The van der Waals surface area contributed by atoms with Gasteiger partial charge in [-0.15, -0.1) is 0 Å². The van der Waals surface area contributed by atoms with Crippen molar-refractivity contribution >= 4 is 5.78 Å². The largest absolute Gasteiger partial charge is 0.396 e. The maximum atomic E-state index is 12.7. The molecule has 2 heterocycles. The van der Waals surface area contributed by atoms with Gasteiger partial charge in [-0.2, -0.15) is 5.10 Å². The molecule has 1 fully saturated rings. The summed E-state index contributed by atoms with van der Waals surface area (Å²) in [5, 5.41) is 13.7. The SMILES string of the molecule is CCc1nn(CCCO)c2c1C(=O)CC1(CCOCC1)C2. The van der Waals surface area contributed by atoms with E-state index < -0.39 is 0 Å². The Morgan fingerprint density at radius 1 is 1.33 bits per heavy atom. The number of hydrogen-bond donors (Lipinski definition) is 1. The number of nitrogens with zero attached hydrogens (tertiary/aromatic N) is 2. The lowest BCUT2D eigenvalue weighted by atomic mass is 9.68. The standard InChI is InChI=1S/C16H24N2O3/c1-2-12-15-13(18(17-12)6-3-7-19)10-16(11-14(15)20)4-8-21-9-5-16/h19H,2-11H2,1H3. The lowest BCUT2D eigenvalue weighted by molar-refractivity contribution is 0.00827. The summed E-state index contributed by atoms with van der Waals surface area (Å²) in [6.07, 6.45) is 4.96. The molecule has 1 aliphatic heterocycles. The van der Waals surface area contributed by atoms with Crippen molar-refractivity contribution in [2.24, 2.45) is 5.41 Å². The van der Waals surface area contributed by atoms with Gasteiger partial charge in [0.2, 0.25) is 0 Å². The van der Waals surface area contributed by atoms with Gasteiger partial charge in [-0.1, -0.05) is 6.92 Å². The van der Waals surface area contributed by atoms with Gasteiger partial charge in [-0.3, -0.25) is 9.48 Å². The number of aromatic nitrogens is 2. The van der Waals surface area contributed by atoms with Crippen molar-refractivity contribution in [3.8, 4) is 0 Å². The summed E-state index contributed by atoms with van der Waals surface area (Å²) >= 11 is 0. The van der Waals surface area contributed by atoms with Crippen molar-refractivity contribution in [3.63, 3.8) is 0 Å². The van der Waals surface area contributed by atoms with Crippen LogP contribution in [0.15, 0.2) is 0 Å². The normalized spacial score (nSPS) is 20.8. The zero-order valence-electron chi connectivity index (χ0n) is 12.7. The van der Waals surface area contributed by atoms with E-state index in [9.17, 15) is 4.79 Å². The van der Waals surface area contributed by atoms with E-state index in [0.717, 1.165) is 55.8 Å². The summed E-state index contributed by atoms with van der Waals surface area (Å²) in [4.78, 5) is 12.7.